The number of hydrogen-bond acceptors (Lipinski definition) is 5. The number of anilines is 2. The van der Waals surface area contributed by atoms with Gasteiger partial charge in [-0.2, -0.15) is 0 Å². The molecule has 2 heterocycles. The summed E-state index contributed by atoms with van der Waals surface area (Å²) in [5, 5.41) is 3.35. The monoisotopic (exact) mass is 381 g/mol. The highest BCUT2D eigenvalue weighted by molar-refractivity contribution is 5.93. The summed E-state index contributed by atoms with van der Waals surface area (Å²) in [7, 11) is 4.09. The van der Waals surface area contributed by atoms with Gasteiger partial charge in [-0.1, -0.05) is 12.1 Å². The molecule has 1 aliphatic rings. The SMILES string of the molecule is Cc1cccc(N2CCN(C(=O)c3cc(NCCN(C)C)ccn3)CC2)c1C. The van der Waals surface area contributed by atoms with Crippen LogP contribution in [0.1, 0.15) is 21.6 Å². The molecule has 0 unspecified atom stereocenters. The maximum atomic E-state index is 12.9. The van der Waals surface area contributed by atoms with Gasteiger partial charge in [-0.25, -0.2) is 0 Å². The van der Waals surface area contributed by atoms with Gasteiger partial charge in [-0.05, 0) is 57.3 Å². The number of nitrogens with one attached hydrogen (secondary N) is 1. The van der Waals surface area contributed by atoms with E-state index in [2.05, 4.69) is 52.1 Å². The molecule has 28 heavy (non-hydrogen) atoms. The van der Waals surface area contributed by atoms with Gasteiger partial charge in [0, 0.05) is 56.8 Å². The second-order valence-corrected chi connectivity index (χ2v) is 7.66. The molecular formula is C22H31N5O. The van der Waals surface area contributed by atoms with Crippen molar-refractivity contribution in [2.75, 3.05) is 63.6 Å². The van der Waals surface area contributed by atoms with E-state index in [1.807, 2.05) is 31.1 Å². The zero-order chi connectivity index (χ0) is 20.1. The standard InChI is InChI=1S/C22H31N5O/c1-17-6-5-7-21(18(17)2)26-12-14-27(15-13-26)22(28)20-16-19(8-9-24-20)23-10-11-25(3)4/h5-9,16H,10-15H2,1-4H3,(H,23,24). The molecule has 1 N–H and O–H groups in total. The van der Waals surface area contributed by atoms with Crippen LogP contribution in [0.3, 0.4) is 0 Å². The summed E-state index contributed by atoms with van der Waals surface area (Å²) in [6.45, 7) is 9.20. The van der Waals surface area contributed by atoms with Crippen LogP contribution in [0.15, 0.2) is 36.5 Å². The number of likely N-dealkylation sites (N-methyl/N-ethyl adjacent to an activating group) is 1. The topological polar surface area (TPSA) is 51.7 Å². The Labute approximate surface area is 168 Å². The van der Waals surface area contributed by atoms with Gasteiger partial charge < -0.3 is 20.0 Å². The van der Waals surface area contributed by atoms with Crippen molar-refractivity contribution in [1.82, 2.24) is 14.8 Å². The Bertz CT molecular complexity index is 812. The lowest BCUT2D eigenvalue weighted by atomic mass is 10.1. The number of benzene rings is 1. The molecule has 0 radical (unpaired) electrons. The first-order chi connectivity index (χ1) is 13.5. The van der Waals surface area contributed by atoms with E-state index in [9.17, 15) is 4.79 Å². The first kappa shape index (κ1) is 20.1. The maximum absolute atomic E-state index is 12.9. The van der Waals surface area contributed by atoms with E-state index in [1.165, 1.54) is 16.8 Å². The first-order valence-electron chi connectivity index (χ1n) is 9.91. The van der Waals surface area contributed by atoms with Crippen LogP contribution in [0.25, 0.3) is 0 Å². The third-order valence-corrected chi connectivity index (χ3v) is 5.35. The number of carbonyl (C=O) groups excluding carboxylic acids is 1. The maximum Gasteiger partial charge on any atom is 0.272 e. The van der Waals surface area contributed by atoms with Crippen LogP contribution in [0, 0.1) is 13.8 Å². The Balaban J connectivity index is 1.60. The molecule has 0 aliphatic carbocycles. The third-order valence-electron chi connectivity index (χ3n) is 5.35. The zero-order valence-corrected chi connectivity index (χ0v) is 17.4. The summed E-state index contributed by atoms with van der Waals surface area (Å²) >= 11 is 0. The van der Waals surface area contributed by atoms with Crippen LogP contribution in [0.5, 0.6) is 0 Å². The van der Waals surface area contributed by atoms with E-state index in [-0.39, 0.29) is 5.91 Å². The molecule has 0 atom stereocenters. The van der Waals surface area contributed by atoms with E-state index in [4.69, 9.17) is 0 Å². The summed E-state index contributed by atoms with van der Waals surface area (Å²) in [5.74, 6) is 0.0110. The Kier molecular flexibility index (Phi) is 6.52. The normalized spacial score (nSPS) is 14.5. The minimum atomic E-state index is 0.0110. The summed E-state index contributed by atoms with van der Waals surface area (Å²) in [6.07, 6.45) is 1.71. The number of nitrogens with zero attached hydrogens (tertiary/aromatic N) is 4. The van der Waals surface area contributed by atoms with Crippen molar-refractivity contribution in [2.24, 2.45) is 0 Å². The number of hydrogen-bond donors (Lipinski definition) is 1. The van der Waals surface area contributed by atoms with Gasteiger partial charge in [0.05, 0.1) is 0 Å². The number of pyridine rings is 1. The van der Waals surface area contributed by atoms with Crippen LogP contribution in [0.4, 0.5) is 11.4 Å². The molecular weight excluding hydrogens is 350 g/mol. The summed E-state index contributed by atoms with van der Waals surface area (Å²) < 4.78 is 0. The molecule has 1 aliphatic heterocycles. The smallest absolute Gasteiger partial charge is 0.272 e. The molecule has 1 fully saturated rings. The number of aromatic nitrogens is 1. The molecule has 6 heteroatoms. The van der Waals surface area contributed by atoms with E-state index in [1.54, 1.807) is 6.20 Å². The van der Waals surface area contributed by atoms with Gasteiger partial charge in [-0.15, -0.1) is 0 Å². The van der Waals surface area contributed by atoms with Crippen LogP contribution < -0.4 is 10.2 Å². The van der Waals surface area contributed by atoms with Crippen LogP contribution >= 0.6 is 0 Å². The lowest BCUT2D eigenvalue weighted by Gasteiger charge is -2.37. The molecule has 1 amide bonds. The van der Waals surface area contributed by atoms with E-state index >= 15 is 0 Å². The predicted octanol–water partition coefficient (Wildman–Crippen LogP) is 2.63. The molecule has 1 aromatic carbocycles. The predicted molar refractivity (Wildman–Crippen MR) is 115 cm³/mol. The number of amides is 1. The Morgan fingerprint density at radius 1 is 1.14 bits per heavy atom. The van der Waals surface area contributed by atoms with Crippen molar-refractivity contribution in [1.29, 1.82) is 0 Å². The molecule has 2 aromatic rings. The van der Waals surface area contributed by atoms with Gasteiger partial charge in [0.25, 0.3) is 5.91 Å². The number of piperazine rings is 1. The van der Waals surface area contributed by atoms with Gasteiger partial charge in [0.2, 0.25) is 0 Å². The molecule has 0 saturated carbocycles. The second kappa shape index (κ2) is 9.06. The van der Waals surface area contributed by atoms with Crippen molar-refractivity contribution >= 4 is 17.3 Å². The highest BCUT2D eigenvalue weighted by atomic mass is 16.2. The van der Waals surface area contributed by atoms with E-state index < -0.39 is 0 Å². The highest BCUT2D eigenvalue weighted by Crippen LogP contribution is 2.24. The zero-order valence-electron chi connectivity index (χ0n) is 17.4. The molecule has 1 aromatic heterocycles. The van der Waals surface area contributed by atoms with Crippen molar-refractivity contribution in [3.05, 3.63) is 53.3 Å². The molecule has 0 spiro atoms. The first-order valence-corrected chi connectivity index (χ1v) is 9.91. The van der Waals surface area contributed by atoms with Crippen molar-refractivity contribution in [2.45, 2.75) is 13.8 Å². The number of rotatable bonds is 6. The fraction of sp³-hybridized carbons (Fsp3) is 0.455. The average molecular weight is 382 g/mol. The quantitative estimate of drug-likeness (QED) is 0.834. The van der Waals surface area contributed by atoms with Crippen LogP contribution in [0.2, 0.25) is 0 Å². The fourth-order valence-corrected chi connectivity index (χ4v) is 3.47. The Hall–Kier alpha value is -2.60. The van der Waals surface area contributed by atoms with Crippen molar-refractivity contribution < 1.29 is 4.79 Å². The lowest BCUT2D eigenvalue weighted by molar-refractivity contribution is 0.0741. The Morgan fingerprint density at radius 2 is 1.89 bits per heavy atom. The molecule has 0 bridgehead atoms. The van der Waals surface area contributed by atoms with Gasteiger partial charge in [0.1, 0.15) is 5.69 Å². The largest absolute Gasteiger partial charge is 0.384 e. The fourth-order valence-electron chi connectivity index (χ4n) is 3.47. The molecule has 1 saturated heterocycles. The van der Waals surface area contributed by atoms with Gasteiger partial charge in [-0.3, -0.25) is 9.78 Å². The molecule has 150 valence electrons. The summed E-state index contributed by atoms with van der Waals surface area (Å²) in [5.41, 5.74) is 5.35. The third kappa shape index (κ3) is 4.81. The van der Waals surface area contributed by atoms with Gasteiger partial charge >= 0.3 is 0 Å². The highest BCUT2D eigenvalue weighted by Gasteiger charge is 2.24. The van der Waals surface area contributed by atoms with E-state index in [0.717, 1.165) is 31.9 Å². The van der Waals surface area contributed by atoms with Crippen molar-refractivity contribution in [3.63, 3.8) is 0 Å². The van der Waals surface area contributed by atoms with E-state index in [0.29, 0.717) is 18.8 Å². The second-order valence-electron chi connectivity index (χ2n) is 7.66. The lowest BCUT2D eigenvalue weighted by Crippen LogP contribution is -2.49. The van der Waals surface area contributed by atoms with Crippen LogP contribution in [-0.4, -0.2) is 74.1 Å². The molecule has 3 rings (SSSR count). The minimum Gasteiger partial charge on any atom is -0.384 e. The number of aryl methyl sites for hydroxylation is 1. The van der Waals surface area contributed by atoms with Gasteiger partial charge in [0.15, 0.2) is 0 Å². The Morgan fingerprint density at radius 3 is 2.61 bits per heavy atom. The number of carbonyl (C=O) groups is 1. The average Bonchev–Trinajstić information content (AvgIpc) is 2.70. The summed E-state index contributed by atoms with van der Waals surface area (Å²) in [6, 6.07) is 10.2. The molecule has 6 nitrogen and oxygen atoms in total. The summed E-state index contributed by atoms with van der Waals surface area (Å²) in [4.78, 5) is 23.6. The minimum absolute atomic E-state index is 0.0110. The van der Waals surface area contributed by atoms with Crippen molar-refractivity contribution in [3.8, 4) is 0 Å². The van der Waals surface area contributed by atoms with Crippen LogP contribution in [-0.2, 0) is 0 Å².